The van der Waals surface area contributed by atoms with Gasteiger partial charge in [-0.15, -0.1) is 0 Å². The van der Waals surface area contributed by atoms with Gasteiger partial charge in [0.1, 0.15) is 29.2 Å². The van der Waals surface area contributed by atoms with Gasteiger partial charge in [0.25, 0.3) is 10.0 Å². The van der Waals surface area contributed by atoms with Gasteiger partial charge in [0, 0.05) is 18.8 Å². The average molecular weight is 591 g/mol. The molecular formula is C31H30N2O8S. The molecule has 0 radical (unpaired) electrons. The lowest BCUT2D eigenvalue weighted by molar-refractivity contribution is 0.00665. The smallest absolute Gasteiger partial charge is 0.421 e. The predicted molar refractivity (Wildman–Crippen MR) is 153 cm³/mol. The highest BCUT2D eigenvalue weighted by molar-refractivity contribution is 7.90. The molecule has 42 heavy (non-hydrogen) atoms. The van der Waals surface area contributed by atoms with Crippen LogP contribution in [0, 0.1) is 0 Å². The van der Waals surface area contributed by atoms with E-state index in [9.17, 15) is 22.8 Å². The predicted octanol–water partition coefficient (Wildman–Crippen LogP) is 5.33. The van der Waals surface area contributed by atoms with E-state index in [1.54, 1.807) is 74.0 Å². The van der Waals surface area contributed by atoms with Crippen molar-refractivity contribution in [2.75, 3.05) is 0 Å². The summed E-state index contributed by atoms with van der Waals surface area (Å²) < 4.78 is 45.5. The van der Waals surface area contributed by atoms with Gasteiger partial charge in [-0.05, 0) is 56.2 Å². The van der Waals surface area contributed by atoms with E-state index in [1.165, 1.54) is 0 Å². The summed E-state index contributed by atoms with van der Waals surface area (Å²) in [5, 5.41) is 0. The van der Waals surface area contributed by atoms with Crippen LogP contribution in [-0.4, -0.2) is 36.6 Å². The lowest BCUT2D eigenvalue weighted by Crippen LogP contribution is -2.31. The molecule has 11 heteroatoms. The summed E-state index contributed by atoms with van der Waals surface area (Å²) in [5.74, 6) is -2.02. The summed E-state index contributed by atoms with van der Waals surface area (Å²) in [4.78, 5) is 38.1. The highest BCUT2D eigenvalue weighted by atomic mass is 32.2. The monoisotopic (exact) mass is 590 g/mol. The fourth-order valence-electron chi connectivity index (χ4n) is 3.85. The van der Waals surface area contributed by atoms with E-state index in [2.05, 4.69) is 0 Å². The summed E-state index contributed by atoms with van der Waals surface area (Å²) in [7, 11) is -4.48. The molecule has 0 spiro atoms. The second-order valence-corrected chi connectivity index (χ2v) is 11.9. The molecule has 0 aliphatic heterocycles. The van der Waals surface area contributed by atoms with Crippen molar-refractivity contribution in [1.82, 2.24) is 9.29 Å². The number of benzene rings is 3. The van der Waals surface area contributed by atoms with Gasteiger partial charge in [0.05, 0.1) is 4.90 Å². The Hall–Kier alpha value is -4.90. The Morgan fingerprint density at radius 2 is 1.45 bits per heavy atom. The largest absolute Gasteiger partial charge is 0.456 e. The molecular weight excluding hydrogens is 560 g/mol. The normalized spacial score (nSPS) is 11.4. The van der Waals surface area contributed by atoms with Crippen molar-refractivity contribution < 1.29 is 37.0 Å². The van der Waals surface area contributed by atoms with Gasteiger partial charge in [-0.25, -0.2) is 27.5 Å². The molecule has 3 aromatic carbocycles. The summed E-state index contributed by atoms with van der Waals surface area (Å²) in [6.07, 6.45) is 0.497. The van der Waals surface area contributed by atoms with Gasteiger partial charge in [-0.2, -0.15) is 0 Å². The Kier molecular flexibility index (Phi) is 9.12. The standard InChI is InChI=1S/C31H30N2O8S/c1-31(2,3)41-28(34)25-17-16-24(42(37,38)32-30(36)39-21-23-13-8-5-9-14-23)19-27(25)40-29(35)26-15-10-18-33(26)20-22-11-6-4-7-12-22/h4-19H,20-21H2,1-3H3,(H,32,36). The Morgan fingerprint density at radius 1 is 0.810 bits per heavy atom. The minimum Gasteiger partial charge on any atom is -0.456 e. The van der Waals surface area contributed by atoms with Crippen LogP contribution in [-0.2, 0) is 32.6 Å². The number of carbonyl (C=O) groups excluding carboxylic acids is 3. The maximum absolute atomic E-state index is 13.3. The molecule has 218 valence electrons. The van der Waals surface area contributed by atoms with Crippen LogP contribution in [0.25, 0.3) is 0 Å². The van der Waals surface area contributed by atoms with E-state index >= 15 is 0 Å². The number of hydrogen-bond donors (Lipinski definition) is 1. The molecule has 0 saturated carbocycles. The Labute approximate surface area is 243 Å². The fourth-order valence-corrected chi connectivity index (χ4v) is 4.75. The zero-order valence-electron chi connectivity index (χ0n) is 23.3. The molecule has 1 aromatic heterocycles. The first-order valence-electron chi connectivity index (χ1n) is 12.9. The van der Waals surface area contributed by atoms with Crippen LogP contribution in [0.2, 0.25) is 0 Å². The van der Waals surface area contributed by atoms with Crippen LogP contribution >= 0.6 is 0 Å². The molecule has 4 aromatic rings. The molecule has 0 atom stereocenters. The molecule has 1 heterocycles. The number of nitrogens with zero attached hydrogens (tertiary/aromatic N) is 1. The maximum Gasteiger partial charge on any atom is 0.421 e. The van der Waals surface area contributed by atoms with Gasteiger partial charge in [0.15, 0.2) is 0 Å². The first-order chi connectivity index (χ1) is 19.9. The molecule has 4 rings (SSSR count). The fraction of sp³-hybridized carbons (Fsp3) is 0.194. The summed E-state index contributed by atoms with van der Waals surface area (Å²) >= 11 is 0. The Balaban J connectivity index is 1.59. The van der Waals surface area contributed by atoms with E-state index in [0.717, 1.165) is 23.8 Å². The van der Waals surface area contributed by atoms with Gasteiger partial charge >= 0.3 is 18.0 Å². The van der Waals surface area contributed by atoms with E-state index in [0.29, 0.717) is 12.1 Å². The van der Waals surface area contributed by atoms with E-state index < -0.39 is 38.6 Å². The van der Waals surface area contributed by atoms with E-state index in [4.69, 9.17) is 14.2 Å². The molecule has 0 aliphatic rings. The summed E-state index contributed by atoms with van der Waals surface area (Å²) in [6, 6.07) is 24.6. The molecule has 10 nitrogen and oxygen atoms in total. The zero-order chi connectivity index (χ0) is 30.3. The number of aromatic nitrogens is 1. The number of nitrogens with one attached hydrogen (secondary N) is 1. The SMILES string of the molecule is CC(C)(C)OC(=O)c1ccc(S(=O)(=O)NC(=O)OCc2ccccc2)cc1OC(=O)c1cccn1Cc1ccccc1. The number of rotatable bonds is 9. The number of carbonyl (C=O) groups is 3. The van der Waals surface area contributed by atoms with Crippen LogP contribution in [0.1, 0.15) is 52.7 Å². The van der Waals surface area contributed by atoms with Crippen molar-refractivity contribution in [3.05, 3.63) is 120 Å². The third-order valence-corrected chi connectivity index (χ3v) is 7.06. The van der Waals surface area contributed by atoms with Crippen molar-refractivity contribution in [2.45, 2.75) is 44.4 Å². The van der Waals surface area contributed by atoms with Gasteiger partial charge in [0.2, 0.25) is 0 Å². The van der Waals surface area contributed by atoms with Gasteiger partial charge < -0.3 is 18.8 Å². The van der Waals surface area contributed by atoms with Crippen molar-refractivity contribution in [3.8, 4) is 5.75 Å². The molecule has 0 fully saturated rings. The van der Waals surface area contributed by atoms with Crippen LogP contribution < -0.4 is 9.46 Å². The number of esters is 2. The minimum atomic E-state index is -4.48. The Morgan fingerprint density at radius 3 is 2.10 bits per heavy atom. The topological polar surface area (TPSA) is 130 Å². The molecule has 0 bridgehead atoms. The third-order valence-electron chi connectivity index (χ3n) is 5.75. The first-order valence-corrected chi connectivity index (χ1v) is 14.4. The third kappa shape index (κ3) is 8.07. The van der Waals surface area contributed by atoms with Crippen LogP contribution in [0.4, 0.5) is 4.79 Å². The second kappa shape index (κ2) is 12.7. The molecule has 0 unspecified atom stereocenters. The number of sulfonamides is 1. The number of amides is 1. The summed E-state index contributed by atoms with van der Waals surface area (Å²) in [6.45, 7) is 5.22. The number of hydrogen-bond acceptors (Lipinski definition) is 8. The minimum absolute atomic E-state index is 0.148. The molecule has 0 aliphatic carbocycles. The molecule has 0 saturated heterocycles. The van der Waals surface area contributed by atoms with Crippen LogP contribution in [0.15, 0.2) is 102 Å². The van der Waals surface area contributed by atoms with E-state index in [1.807, 2.05) is 35.1 Å². The maximum atomic E-state index is 13.3. The van der Waals surface area contributed by atoms with Gasteiger partial charge in [-0.1, -0.05) is 60.7 Å². The lowest BCUT2D eigenvalue weighted by Gasteiger charge is -2.20. The average Bonchev–Trinajstić information content (AvgIpc) is 3.40. The first kappa shape index (κ1) is 30.1. The van der Waals surface area contributed by atoms with Crippen molar-refractivity contribution in [2.24, 2.45) is 0 Å². The lowest BCUT2D eigenvalue weighted by atomic mass is 10.1. The zero-order valence-corrected chi connectivity index (χ0v) is 24.1. The van der Waals surface area contributed by atoms with Crippen molar-refractivity contribution in [1.29, 1.82) is 0 Å². The van der Waals surface area contributed by atoms with Crippen molar-refractivity contribution >= 4 is 28.1 Å². The highest BCUT2D eigenvalue weighted by Crippen LogP contribution is 2.27. The molecule has 1 amide bonds. The summed E-state index contributed by atoms with van der Waals surface area (Å²) in [5.41, 5.74) is 0.723. The van der Waals surface area contributed by atoms with Crippen molar-refractivity contribution in [3.63, 3.8) is 0 Å². The van der Waals surface area contributed by atoms with Gasteiger partial charge in [-0.3, -0.25) is 0 Å². The second-order valence-electron chi connectivity index (χ2n) is 10.2. The van der Waals surface area contributed by atoms with Crippen LogP contribution in [0.5, 0.6) is 5.75 Å². The quantitative estimate of drug-likeness (QED) is 0.205. The number of ether oxygens (including phenoxy) is 3. The molecule has 1 N–H and O–H groups in total. The van der Waals surface area contributed by atoms with E-state index in [-0.39, 0.29) is 23.6 Å². The highest BCUT2D eigenvalue weighted by Gasteiger charge is 2.27. The van der Waals surface area contributed by atoms with Crippen LogP contribution in [0.3, 0.4) is 0 Å². The Bertz CT molecular complexity index is 1670.